The zero-order chi connectivity index (χ0) is 12.6. The molecule has 2 aromatic rings. The number of nitrogens with zero attached hydrogens (tertiary/aromatic N) is 1. The van der Waals surface area contributed by atoms with Crippen LogP contribution in [0.5, 0.6) is 0 Å². The van der Waals surface area contributed by atoms with E-state index in [0.717, 1.165) is 5.56 Å². The van der Waals surface area contributed by atoms with Crippen LogP contribution in [0.1, 0.15) is 16.1 Å². The highest BCUT2D eigenvalue weighted by molar-refractivity contribution is 9.10. The normalized spacial score (nSPS) is 10.5. The number of hydrogen-bond acceptors (Lipinski definition) is 3. The van der Waals surface area contributed by atoms with Crippen LogP contribution in [0.2, 0.25) is 0 Å². The van der Waals surface area contributed by atoms with Gasteiger partial charge in [0.15, 0.2) is 11.5 Å². The van der Waals surface area contributed by atoms with Crippen molar-refractivity contribution in [1.82, 2.24) is 5.16 Å². The van der Waals surface area contributed by atoms with Crippen LogP contribution in [0.15, 0.2) is 27.2 Å². The highest BCUT2D eigenvalue weighted by Gasteiger charge is 2.15. The maximum atomic E-state index is 13.3. The molecule has 0 aliphatic carbocycles. The zero-order valence-corrected chi connectivity index (χ0v) is 10.3. The predicted molar refractivity (Wildman–Crippen MR) is 61.3 cm³/mol. The molecule has 2 rings (SSSR count). The van der Waals surface area contributed by atoms with Gasteiger partial charge in [-0.15, -0.1) is 0 Å². The maximum Gasteiger partial charge on any atom is 0.358 e. The molecule has 0 saturated heterocycles. The first-order valence-corrected chi connectivity index (χ1v) is 5.44. The first-order valence-electron chi connectivity index (χ1n) is 4.65. The monoisotopic (exact) mass is 299 g/mol. The second kappa shape index (κ2) is 4.29. The second-order valence-electron chi connectivity index (χ2n) is 3.44. The Balaban J connectivity index is 2.56. The molecule has 0 fully saturated rings. The molecular formula is C11H7BrFNO3. The molecule has 0 bridgehead atoms. The van der Waals surface area contributed by atoms with Gasteiger partial charge in [0.05, 0.1) is 0 Å². The van der Waals surface area contributed by atoms with E-state index in [1.54, 1.807) is 6.92 Å². The molecule has 4 nitrogen and oxygen atoms in total. The van der Waals surface area contributed by atoms with Crippen LogP contribution in [0.25, 0.3) is 11.3 Å². The van der Waals surface area contributed by atoms with E-state index in [4.69, 9.17) is 9.63 Å². The summed E-state index contributed by atoms with van der Waals surface area (Å²) in [6, 6.07) is 3.86. The Hall–Kier alpha value is -1.69. The van der Waals surface area contributed by atoms with Crippen molar-refractivity contribution >= 4 is 21.9 Å². The number of hydrogen-bond donors (Lipinski definition) is 1. The van der Waals surface area contributed by atoms with E-state index >= 15 is 0 Å². The molecule has 0 atom stereocenters. The Bertz CT molecular complexity index is 594. The number of aromatic carboxylic acids is 1. The molecule has 0 aliphatic heterocycles. The first kappa shape index (κ1) is 11.8. The van der Waals surface area contributed by atoms with Gasteiger partial charge in [-0.2, -0.15) is 0 Å². The van der Waals surface area contributed by atoms with E-state index in [1.807, 2.05) is 0 Å². The highest BCUT2D eigenvalue weighted by atomic mass is 79.9. The van der Waals surface area contributed by atoms with Crippen molar-refractivity contribution in [2.45, 2.75) is 6.92 Å². The SMILES string of the molecule is Cc1c(Br)cc(F)cc1-c1cc(C(=O)O)no1. The van der Waals surface area contributed by atoms with Crippen molar-refractivity contribution in [2.75, 3.05) is 0 Å². The number of aromatic nitrogens is 1. The standard InChI is InChI=1S/C11H7BrFNO3/c1-5-7(2-6(13)3-8(5)12)10-4-9(11(15)16)14-17-10/h2-4H,1H3,(H,15,16). The van der Waals surface area contributed by atoms with Crippen LogP contribution in [-0.2, 0) is 0 Å². The molecule has 1 N–H and O–H groups in total. The third-order valence-electron chi connectivity index (χ3n) is 2.30. The molecular weight excluding hydrogens is 293 g/mol. The van der Waals surface area contributed by atoms with Gasteiger partial charge in [-0.25, -0.2) is 9.18 Å². The largest absolute Gasteiger partial charge is 0.476 e. The smallest absolute Gasteiger partial charge is 0.358 e. The summed E-state index contributed by atoms with van der Waals surface area (Å²) in [6.07, 6.45) is 0. The maximum absolute atomic E-state index is 13.3. The van der Waals surface area contributed by atoms with Gasteiger partial charge in [0, 0.05) is 16.1 Å². The molecule has 0 saturated carbocycles. The number of carbonyl (C=O) groups is 1. The van der Waals surface area contributed by atoms with Crippen LogP contribution >= 0.6 is 15.9 Å². The highest BCUT2D eigenvalue weighted by Crippen LogP contribution is 2.30. The number of carboxylic acid groups (broad SMARTS) is 1. The minimum Gasteiger partial charge on any atom is -0.476 e. The molecule has 0 aliphatic rings. The minimum atomic E-state index is -1.19. The fourth-order valence-corrected chi connectivity index (χ4v) is 1.84. The lowest BCUT2D eigenvalue weighted by Crippen LogP contribution is -1.94. The van der Waals surface area contributed by atoms with E-state index < -0.39 is 11.8 Å². The average molecular weight is 300 g/mol. The summed E-state index contributed by atoms with van der Waals surface area (Å²) in [5.74, 6) is -1.40. The van der Waals surface area contributed by atoms with Gasteiger partial charge in [-0.05, 0) is 24.6 Å². The summed E-state index contributed by atoms with van der Waals surface area (Å²) in [5, 5.41) is 12.1. The van der Waals surface area contributed by atoms with Crippen LogP contribution in [0, 0.1) is 12.7 Å². The first-order chi connectivity index (χ1) is 7.99. The van der Waals surface area contributed by atoms with Gasteiger partial charge in [0.1, 0.15) is 5.82 Å². The Labute approximate surface area is 104 Å². The van der Waals surface area contributed by atoms with E-state index in [-0.39, 0.29) is 11.5 Å². The fourth-order valence-electron chi connectivity index (χ4n) is 1.40. The Kier molecular flexibility index (Phi) is 2.97. The van der Waals surface area contributed by atoms with Crippen molar-refractivity contribution in [3.8, 4) is 11.3 Å². The van der Waals surface area contributed by atoms with Gasteiger partial charge in [0.2, 0.25) is 0 Å². The number of benzene rings is 1. The van der Waals surface area contributed by atoms with Gasteiger partial charge in [0.25, 0.3) is 0 Å². The predicted octanol–water partition coefficient (Wildman–Crippen LogP) is 3.25. The van der Waals surface area contributed by atoms with E-state index in [1.165, 1.54) is 18.2 Å². The van der Waals surface area contributed by atoms with Crippen molar-refractivity contribution in [2.24, 2.45) is 0 Å². The molecule has 1 heterocycles. The quantitative estimate of drug-likeness (QED) is 0.924. The molecule has 0 spiro atoms. The number of carboxylic acids is 1. The molecule has 0 amide bonds. The van der Waals surface area contributed by atoms with Crippen molar-refractivity contribution < 1.29 is 18.8 Å². The van der Waals surface area contributed by atoms with Gasteiger partial charge in [-0.1, -0.05) is 21.1 Å². The van der Waals surface area contributed by atoms with Crippen LogP contribution in [0.4, 0.5) is 4.39 Å². The molecule has 88 valence electrons. The van der Waals surface area contributed by atoms with E-state index in [9.17, 15) is 9.18 Å². The minimum absolute atomic E-state index is 0.209. The van der Waals surface area contributed by atoms with E-state index in [2.05, 4.69) is 21.1 Å². The summed E-state index contributed by atoms with van der Waals surface area (Å²) in [5.41, 5.74) is 1.01. The van der Waals surface area contributed by atoms with Crippen LogP contribution < -0.4 is 0 Å². The van der Waals surface area contributed by atoms with Crippen molar-refractivity contribution in [3.63, 3.8) is 0 Å². The van der Waals surface area contributed by atoms with Crippen LogP contribution in [0.3, 0.4) is 0 Å². The zero-order valence-electron chi connectivity index (χ0n) is 8.70. The van der Waals surface area contributed by atoms with Crippen molar-refractivity contribution in [3.05, 3.63) is 39.7 Å². The molecule has 6 heteroatoms. The molecule has 0 radical (unpaired) electrons. The average Bonchev–Trinajstić information content (AvgIpc) is 2.72. The number of halogens is 2. The molecule has 1 aromatic carbocycles. The Morgan fingerprint density at radius 2 is 2.18 bits per heavy atom. The summed E-state index contributed by atoms with van der Waals surface area (Å²) in [4.78, 5) is 10.7. The molecule has 0 unspecified atom stereocenters. The third-order valence-corrected chi connectivity index (χ3v) is 3.13. The fraction of sp³-hybridized carbons (Fsp3) is 0.0909. The molecule has 17 heavy (non-hydrogen) atoms. The lowest BCUT2D eigenvalue weighted by Gasteiger charge is -2.04. The summed E-state index contributed by atoms with van der Waals surface area (Å²) >= 11 is 3.21. The third kappa shape index (κ3) is 2.21. The summed E-state index contributed by atoms with van der Waals surface area (Å²) < 4.78 is 18.7. The lowest BCUT2D eigenvalue weighted by atomic mass is 10.1. The van der Waals surface area contributed by atoms with Gasteiger partial charge < -0.3 is 9.63 Å². The topological polar surface area (TPSA) is 63.3 Å². The lowest BCUT2D eigenvalue weighted by molar-refractivity contribution is 0.0686. The van der Waals surface area contributed by atoms with E-state index in [0.29, 0.717) is 10.0 Å². The second-order valence-corrected chi connectivity index (χ2v) is 4.30. The summed E-state index contributed by atoms with van der Waals surface area (Å²) in [6.45, 7) is 1.77. The molecule has 1 aromatic heterocycles. The van der Waals surface area contributed by atoms with Crippen molar-refractivity contribution in [1.29, 1.82) is 0 Å². The Morgan fingerprint density at radius 1 is 1.47 bits per heavy atom. The Morgan fingerprint density at radius 3 is 2.76 bits per heavy atom. The number of rotatable bonds is 2. The van der Waals surface area contributed by atoms with Gasteiger partial charge in [-0.3, -0.25) is 0 Å². The van der Waals surface area contributed by atoms with Crippen LogP contribution in [-0.4, -0.2) is 16.2 Å². The van der Waals surface area contributed by atoms with Gasteiger partial charge >= 0.3 is 5.97 Å². The summed E-state index contributed by atoms with van der Waals surface area (Å²) in [7, 11) is 0.